The minimum absolute atomic E-state index is 0.0190. The van der Waals surface area contributed by atoms with Crippen LogP contribution in [0.4, 0.5) is 4.39 Å². The summed E-state index contributed by atoms with van der Waals surface area (Å²) in [6.45, 7) is 3.82. The van der Waals surface area contributed by atoms with Gasteiger partial charge >= 0.3 is 0 Å². The lowest BCUT2D eigenvalue weighted by atomic mass is 9.80. The maximum Gasteiger partial charge on any atom is 0.238 e. The number of likely N-dealkylation sites (tertiary alicyclic amines) is 1. The monoisotopic (exact) mass is 357 g/mol. The van der Waals surface area contributed by atoms with Gasteiger partial charge in [0.05, 0.1) is 0 Å². The second-order valence-electron chi connectivity index (χ2n) is 7.44. The minimum atomic E-state index is -0.870. The molecule has 4 rings (SSSR count). The van der Waals surface area contributed by atoms with Crippen LogP contribution in [-0.4, -0.2) is 41.3 Å². The Morgan fingerprint density at radius 1 is 1.35 bits per heavy atom. The zero-order valence-corrected chi connectivity index (χ0v) is 15.0. The second kappa shape index (κ2) is 6.41. The van der Waals surface area contributed by atoms with Crippen molar-refractivity contribution in [2.45, 2.75) is 38.5 Å². The van der Waals surface area contributed by atoms with Crippen molar-refractivity contribution >= 4 is 22.7 Å². The predicted molar refractivity (Wildman–Crippen MR) is 97.2 cm³/mol. The molecule has 0 aliphatic carbocycles. The highest BCUT2D eigenvalue weighted by Crippen LogP contribution is 2.37. The number of halogens is 1. The number of benzene rings is 1. The van der Waals surface area contributed by atoms with E-state index in [2.05, 4.69) is 10.3 Å². The summed E-state index contributed by atoms with van der Waals surface area (Å²) >= 11 is 0. The summed E-state index contributed by atoms with van der Waals surface area (Å²) in [5.74, 6) is -0.0421. The lowest BCUT2D eigenvalue weighted by Crippen LogP contribution is -2.50. The number of aromatic nitrogens is 1. The molecule has 5 nitrogen and oxygen atoms in total. The quantitative estimate of drug-likeness (QED) is 0.830. The number of carbonyl (C=O) groups is 2. The van der Waals surface area contributed by atoms with Crippen LogP contribution in [0.15, 0.2) is 24.4 Å². The van der Waals surface area contributed by atoms with E-state index in [-0.39, 0.29) is 17.6 Å². The fourth-order valence-electron chi connectivity index (χ4n) is 4.52. The number of hydrogen-bond acceptors (Lipinski definition) is 2. The molecule has 0 spiro atoms. The standard InChI is InChI=1S/C20H24FN3O2/c1-2-20(7-8-22-18(20)25)19(26)24-9-5-13(6-10-24)16-12-23-17-11-14(21)3-4-15(16)17/h3-4,11-13,23H,2,5-10H2,1H3,(H,22,25). The summed E-state index contributed by atoms with van der Waals surface area (Å²) in [7, 11) is 0. The number of aromatic amines is 1. The highest BCUT2D eigenvalue weighted by Gasteiger charge is 2.49. The maximum atomic E-state index is 13.4. The summed E-state index contributed by atoms with van der Waals surface area (Å²) in [5.41, 5.74) is 1.13. The van der Waals surface area contributed by atoms with Crippen LogP contribution in [0.25, 0.3) is 10.9 Å². The highest BCUT2D eigenvalue weighted by molar-refractivity contribution is 6.06. The van der Waals surface area contributed by atoms with E-state index in [0.717, 1.165) is 23.7 Å². The van der Waals surface area contributed by atoms with Gasteiger partial charge in [0.1, 0.15) is 11.2 Å². The first-order valence-corrected chi connectivity index (χ1v) is 9.39. The normalized spacial score (nSPS) is 24.2. The van der Waals surface area contributed by atoms with Gasteiger partial charge in [-0.25, -0.2) is 4.39 Å². The third-order valence-corrected chi connectivity index (χ3v) is 6.18. The number of carbonyl (C=O) groups excluding carboxylic acids is 2. The molecule has 0 bridgehead atoms. The molecule has 2 N–H and O–H groups in total. The van der Waals surface area contributed by atoms with Gasteiger partial charge < -0.3 is 15.2 Å². The van der Waals surface area contributed by atoms with E-state index >= 15 is 0 Å². The molecule has 2 fully saturated rings. The van der Waals surface area contributed by atoms with Gasteiger partial charge in [0, 0.05) is 36.7 Å². The van der Waals surface area contributed by atoms with Crippen molar-refractivity contribution in [3.63, 3.8) is 0 Å². The summed E-state index contributed by atoms with van der Waals surface area (Å²) in [6, 6.07) is 4.83. The Labute approximate surface area is 151 Å². The van der Waals surface area contributed by atoms with Gasteiger partial charge in [0.2, 0.25) is 11.8 Å². The molecule has 0 saturated carbocycles. The van der Waals surface area contributed by atoms with E-state index in [1.165, 1.54) is 17.7 Å². The van der Waals surface area contributed by atoms with Crippen molar-refractivity contribution < 1.29 is 14.0 Å². The number of rotatable bonds is 3. The molecule has 2 aliphatic heterocycles. The van der Waals surface area contributed by atoms with Crippen molar-refractivity contribution in [2.75, 3.05) is 19.6 Å². The van der Waals surface area contributed by atoms with E-state index in [9.17, 15) is 14.0 Å². The number of fused-ring (bicyclic) bond motifs is 1. The lowest BCUT2D eigenvalue weighted by Gasteiger charge is -2.37. The number of hydrogen-bond donors (Lipinski definition) is 2. The molecule has 2 amide bonds. The average Bonchev–Trinajstić information content (AvgIpc) is 3.24. The third kappa shape index (κ3) is 2.59. The third-order valence-electron chi connectivity index (χ3n) is 6.18. The van der Waals surface area contributed by atoms with Gasteiger partial charge in [-0.15, -0.1) is 0 Å². The Morgan fingerprint density at radius 3 is 2.77 bits per heavy atom. The van der Waals surface area contributed by atoms with Crippen LogP contribution in [0.3, 0.4) is 0 Å². The number of amides is 2. The molecule has 2 aliphatic rings. The summed E-state index contributed by atoms with van der Waals surface area (Å²) < 4.78 is 13.4. The minimum Gasteiger partial charge on any atom is -0.361 e. The first kappa shape index (κ1) is 17.1. The van der Waals surface area contributed by atoms with Crippen LogP contribution in [-0.2, 0) is 9.59 Å². The molecule has 2 aromatic rings. The average molecular weight is 357 g/mol. The van der Waals surface area contributed by atoms with Gasteiger partial charge in [-0.2, -0.15) is 0 Å². The zero-order valence-electron chi connectivity index (χ0n) is 15.0. The highest BCUT2D eigenvalue weighted by atomic mass is 19.1. The van der Waals surface area contributed by atoms with Gasteiger partial charge in [0.25, 0.3) is 0 Å². The van der Waals surface area contributed by atoms with E-state index < -0.39 is 5.41 Å². The molecule has 138 valence electrons. The van der Waals surface area contributed by atoms with Crippen molar-refractivity contribution in [3.05, 3.63) is 35.8 Å². The topological polar surface area (TPSA) is 65.2 Å². The first-order chi connectivity index (χ1) is 12.5. The zero-order chi connectivity index (χ0) is 18.3. The molecule has 1 atom stereocenters. The van der Waals surface area contributed by atoms with Crippen molar-refractivity contribution in [1.82, 2.24) is 15.2 Å². The Bertz CT molecular complexity index is 854. The Morgan fingerprint density at radius 2 is 2.12 bits per heavy atom. The van der Waals surface area contributed by atoms with E-state index in [1.54, 1.807) is 0 Å². The van der Waals surface area contributed by atoms with Crippen LogP contribution >= 0.6 is 0 Å². The summed E-state index contributed by atoms with van der Waals surface area (Å²) in [4.78, 5) is 30.3. The van der Waals surface area contributed by atoms with Crippen molar-refractivity contribution in [1.29, 1.82) is 0 Å². The largest absolute Gasteiger partial charge is 0.361 e. The Kier molecular flexibility index (Phi) is 4.21. The molecule has 6 heteroatoms. The van der Waals surface area contributed by atoms with Crippen molar-refractivity contribution in [3.8, 4) is 0 Å². The number of nitrogens with one attached hydrogen (secondary N) is 2. The molecular weight excluding hydrogens is 333 g/mol. The van der Waals surface area contributed by atoms with E-state index in [4.69, 9.17) is 0 Å². The predicted octanol–water partition coefficient (Wildman–Crippen LogP) is 2.93. The first-order valence-electron chi connectivity index (χ1n) is 9.39. The summed E-state index contributed by atoms with van der Waals surface area (Å²) in [6.07, 6.45) is 4.82. The molecule has 1 aromatic carbocycles. The van der Waals surface area contributed by atoms with E-state index in [1.807, 2.05) is 24.1 Å². The van der Waals surface area contributed by atoms with Crippen LogP contribution in [0.2, 0.25) is 0 Å². The molecule has 1 aromatic heterocycles. The summed E-state index contributed by atoms with van der Waals surface area (Å²) in [5, 5.41) is 3.87. The molecular formula is C20H24FN3O2. The Balaban J connectivity index is 1.48. The number of nitrogens with zero attached hydrogens (tertiary/aromatic N) is 1. The van der Waals surface area contributed by atoms with Gasteiger partial charge in [0.15, 0.2) is 0 Å². The smallest absolute Gasteiger partial charge is 0.238 e. The SMILES string of the molecule is CCC1(C(=O)N2CCC(c3c[nH]c4cc(F)ccc34)CC2)CCNC1=O. The van der Waals surface area contributed by atoms with E-state index in [0.29, 0.717) is 38.4 Å². The van der Waals surface area contributed by atoms with Crippen molar-refractivity contribution in [2.24, 2.45) is 5.41 Å². The van der Waals surface area contributed by atoms with Gasteiger partial charge in [-0.05, 0) is 55.4 Å². The van der Waals surface area contributed by atoms with Crippen LogP contribution < -0.4 is 5.32 Å². The molecule has 2 saturated heterocycles. The molecule has 0 radical (unpaired) electrons. The fourth-order valence-corrected chi connectivity index (χ4v) is 4.52. The molecule has 3 heterocycles. The van der Waals surface area contributed by atoms with Crippen LogP contribution in [0, 0.1) is 11.2 Å². The van der Waals surface area contributed by atoms with Crippen LogP contribution in [0.1, 0.15) is 44.1 Å². The maximum absolute atomic E-state index is 13.4. The Hall–Kier alpha value is -2.37. The van der Waals surface area contributed by atoms with Gasteiger partial charge in [-0.1, -0.05) is 6.92 Å². The molecule has 26 heavy (non-hydrogen) atoms. The lowest BCUT2D eigenvalue weighted by molar-refractivity contribution is -0.149. The number of H-pyrrole nitrogens is 1. The van der Waals surface area contributed by atoms with Crippen LogP contribution in [0.5, 0.6) is 0 Å². The fraction of sp³-hybridized carbons (Fsp3) is 0.500. The molecule has 1 unspecified atom stereocenters. The number of piperidine rings is 1. The van der Waals surface area contributed by atoms with Gasteiger partial charge in [-0.3, -0.25) is 9.59 Å². The second-order valence-corrected chi connectivity index (χ2v) is 7.44.